The van der Waals surface area contributed by atoms with Crippen LogP contribution in [0.3, 0.4) is 0 Å². The van der Waals surface area contributed by atoms with E-state index in [9.17, 15) is 22.8 Å². The highest BCUT2D eigenvalue weighted by atomic mass is 19.4. The number of hydrogen-bond donors (Lipinski definition) is 2. The summed E-state index contributed by atoms with van der Waals surface area (Å²) < 4.78 is 43.2. The molecule has 0 radical (unpaired) electrons. The van der Waals surface area contributed by atoms with Crippen LogP contribution in [-0.2, 0) is 13.2 Å². The number of rotatable bonds is 3. The summed E-state index contributed by atoms with van der Waals surface area (Å²) in [6.07, 6.45) is -4.81. The molecule has 31 heavy (non-hydrogen) atoms. The fraction of sp³-hybridized carbons (Fsp3) is 0.200. The average molecular weight is 430 g/mol. The molecule has 3 aromatic heterocycles. The van der Waals surface area contributed by atoms with Gasteiger partial charge < -0.3 is 10.3 Å². The lowest BCUT2D eigenvalue weighted by molar-refractivity contribution is -0.140. The van der Waals surface area contributed by atoms with Gasteiger partial charge in [-0.05, 0) is 19.4 Å². The van der Waals surface area contributed by atoms with Crippen LogP contribution in [0.2, 0.25) is 0 Å². The Hall–Kier alpha value is -3.89. The van der Waals surface area contributed by atoms with E-state index in [0.29, 0.717) is 4.52 Å². The third-order valence-electron chi connectivity index (χ3n) is 4.89. The Labute approximate surface area is 173 Å². The first kappa shape index (κ1) is 20.4. The van der Waals surface area contributed by atoms with E-state index in [2.05, 4.69) is 20.5 Å². The maximum absolute atomic E-state index is 13.7. The number of hydrogen-bond acceptors (Lipinski definition) is 4. The van der Waals surface area contributed by atoms with E-state index < -0.39 is 23.3 Å². The van der Waals surface area contributed by atoms with Crippen molar-refractivity contribution in [2.75, 3.05) is 5.32 Å². The predicted octanol–water partition coefficient (Wildman–Crippen LogP) is 3.31. The molecule has 160 valence electrons. The Kier molecular flexibility index (Phi) is 4.68. The average Bonchev–Trinajstić information content (AvgIpc) is 3.22. The van der Waals surface area contributed by atoms with Crippen molar-refractivity contribution < 1.29 is 18.0 Å². The van der Waals surface area contributed by atoms with Gasteiger partial charge in [-0.1, -0.05) is 30.3 Å². The Balaban J connectivity index is 1.91. The van der Waals surface area contributed by atoms with Gasteiger partial charge in [-0.3, -0.25) is 14.3 Å². The minimum Gasteiger partial charge on any atom is -0.342 e. The minimum atomic E-state index is -4.81. The summed E-state index contributed by atoms with van der Waals surface area (Å²) in [4.78, 5) is 28.5. The van der Waals surface area contributed by atoms with Crippen LogP contribution in [0.15, 0.2) is 41.2 Å². The van der Waals surface area contributed by atoms with E-state index in [4.69, 9.17) is 0 Å². The second-order valence-corrected chi connectivity index (χ2v) is 7.03. The van der Waals surface area contributed by atoms with Gasteiger partial charge >= 0.3 is 6.18 Å². The first-order chi connectivity index (χ1) is 14.6. The number of alkyl halides is 3. The van der Waals surface area contributed by atoms with Crippen LogP contribution in [-0.4, -0.2) is 30.3 Å². The summed E-state index contributed by atoms with van der Waals surface area (Å²) >= 11 is 0. The summed E-state index contributed by atoms with van der Waals surface area (Å²) in [6.45, 7) is 3.22. The molecular formula is C20H17F3N6O2. The van der Waals surface area contributed by atoms with Crippen molar-refractivity contribution in [2.45, 2.75) is 20.0 Å². The molecule has 11 heteroatoms. The molecule has 8 nitrogen and oxygen atoms in total. The Morgan fingerprint density at radius 2 is 1.81 bits per heavy atom. The van der Waals surface area contributed by atoms with Crippen LogP contribution in [0.5, 0.6) is 0 Å². The lowest BCUT2D eigenvalue weighted by Gasteiger charge is -2.08. The molecule has 0 bridgehead atoms. The molecule has 4 aromatic rings. The fourth-order valence-corrected chi connectivity index (χ4v) is 3.33. The lowest BCUT2D eigenvalue weighted by Crippen LogP contribution is -2.29. The number of carbonyl (C=O) groups is 1. The van der Waals surface area contributed by atoms with Crippen molar-refractivity contribution in [3.05, 3.63) is 69.4 Å². The third kappa shape index (κ3) is 3.47. The predicted molar refractivity (Wildman–Crippen MR) is 107 cm³/mol. The number of nitrogens with one attached hydrogen (secondary N) is 2. The second kappa shape index (κ2) is 7.11. The van der Waals surface area contributed by atoms with Crippen molar-refractivity contribution in [1.82, 2.24) is 24.4 Å². The van der Waals surface area contributed by atoms with Crippen LogP contribution in [0.4, 0.5) is 19.0 Å². The third-order valence-corrected chi connectivity index (χ3v) is 4.89. The molecule has 3 heterocycles. The topological polar surface area (TPSA) is 97.1 Å². The Morgan fingerprint density at radius 3 is 2.39 bits per heavy atom. The van der Waals surface area contributed by atoms with E-state index in [1.165, 1.54) is 23.7 Å². The lowest BCUT2D eigenvalue weighted by atomic mass is 10.1. The van der Waals surface area contributed by atoms with Gasteiger partial charge in [-0.15, -0.1) is 0 Å². The quantitative estimate of drug-likeness (QED) is 0.521. The summed E-state index contributed by atoms with van der Waals surface area (Å²) in [5.41, 5.74) is -1.84. The molecule has 0 unspecified atom stereocenters. The molecule has 0 saturated heterocycles. The standard InChI is InChI=1S/C20H17F3N6O2/c1-10-9-13(26-28(10)3)25-18(30)14-11(2)24-17-15(12-7-5-4-6-8-12)16(20(21,22)23)27-29(17)19(14)31/h4-9,24H,1-3H3,(H,25,26,30). The molecule has 0 spiro atoms. The summed E-state index contributed by atoms with van der Waals surface area (Å²) in [5, 5.41) is 10.1. The highest BCUT2D eigenvalue weighted by Gasteiger charge is 2.39. The zero-order chi connectivity index (χ0) is 22.5. The van der Waals surface area contributed by atoms with Gasteiger partial charge in [0.2, 0.25) is 0 Å². The Morgan fingerprint density at radius 1 is 1.13 bits per heavy atom. The largest absolute Gasteiger partial charge is 0.435 e. The van der Waals surface area contributed by atoms with Gasteiger partial charge in [0.1, 0.15) is 11.2 Å². The highest BCUT2D eigenvalue weighted by molar-refractivity contribution is 6.04. The molecule has 4 rings (SSSR count). The van der Waals surface area contributed by atoms with Crippen molar-refractivity contribution >= 4 is 17.4 Å². The van der Waals surface area contributed by atoms with E-state index >= 15 is 0 Å². The van der Waals surface area contributed by atoms with E-state index in [1.54, 1.807) is 38.2 Å². The smallest absolute Gasteiger partial charge is 0.342 e. The molecule has 0 saturated carbocycles. The molecule has 0 aliphatic rings. The number of fused-ring (bicyclic) bond motifs is 1. The number of aromatic amines is 1. The number of amides is 1. The van der Waals surface area contributed by atoms with Crippen LogP contribution in [0, 0.1) is 13.8 Å². The number of carbonyl (C=O) groups excluding carboxylic acids is 1. The first-order valence-corrected chi connectivity index (χ1v) is 9.18. The number of nitrogens with zero attached hydrogens (tertiary/aromatic N) is 4. The molecule has 0 aliphatic heterocycles. The molecule has 0 atom stereocenters. The molecule has 1 amide bonds. The fourth-order valence-electron chi connectivity index (χ4n) is 3.33. The van der Waals surface area contributed by atoms with Crippen molar-refractivity contribution in [3.63, 3.8) is 0 Å². The number of anilines is 1. The minimum absolute atomic E-state index is 0.105. The molecule has 2 N–H and O–H groups in total. The molecule has 0 aliphatic carbocycles. The monoisotopic (exact) mass is 430 g/mol. The number of aromatic nitrogens is 5. The van der Waals surface area contributed by atoms with Gasteiger partial charge in [0, 0.05) is 24.5 Å². The zero-order valence-corrected chi connectivity index (χ0v) is 16.7. The zero-order valence-electron chi connectivity index (χ0n) is 16.7. The Bertz CT molecular complexity index is 1350. The highest BCUT2D eigenvalue weighted by Crippen LogP contribution is 2.38. The van der Waals surface area contributed by atoms with Crippen LogP contribution in [0.1, 0.15) is 27.4 Å². The normalized spacial score (nSPS) is 11.8. The van der Waals surface area contributed by atoms with Gasteiger partial charge in [-0.25, -0.2) is 0 Å². The van der Waals surface area contributed by atoms with Crippen molar-refractivity contribution in [2.24, 2.45) is 7.05 Å². The maximum Gasteiger partial charge on any atom is 0.435 e. The molecule has 0 fully saturated rings. The van der Waals surface area contributed by atoms with Gasteiger partial charge in [0.25, 0.3) is 11.5 Å². The van der Waals surface area contributed by atoms with E-state index in [-0.39, 0.29) is 33.8 Å². The van der Waals surface area contributed by atoms with Crippen molar-refractivity contribution in [1.29, 1.82) is 0 Å². The van der Waals surface area contributed by atoms with Crippen LogP contribution < -0.4 is 10.9 Å². The number of aryl methyl sites for hydroxylation is 3. The van der Waals surface area contributed by atoms with Gasteiger partial charge in [0.05, 0.1) is 5.56 Å². The van der Waals surface area contributed by atoms with Gasteiger partial charge in [0.15, 0.2) is 11.5 Å². The first-order valence-electron chi connectivity index (χ1n) is 9.18. The van der Waals surface area contributed by atoms with E-state index in [0.717, 1.165) is 5.69 Å². The number of halogens is 3. The number of H-pyrrole nitrogens is 1. The summed E-state index contributed by atoms with van der Waals surface area (Å²) in [7, 11) is 1.68. The van der Waals surface area contributed by atoms with Crippen LogP contribution >= 0.6 is 0 Å². The summed E-state index contributed by atoms with van der Waals surface area (Å²) in [6, 6.07) is 9.41. The number of benzene rings is 1. The van der Waals surface area contributed by atoms with Crippen LogP contribution in [0.25, 0.3) is 16.8 Å². The second-order valence-electron chi connectivity index (χ2n) is 7.03. The molecular weight excluding hydrogens is 413 g/mol. The van der Waals surface area contributed by atoms with Crippen molar-refractivity contribution in [3.8, 4) is 11.1 Å². The SMILES string of the molecule is Cc1[nH]c2c(-c3ccccc3)c(C(F)(F)F)nn2c(=O)c1C(=O)Nc1cc(C)n(C)n1. The summed E-state index contributed by atoms with van der Waals surface area (Å²) in [5.74, 6) is -0.589. The van der Waals surface area contributed by atoms with E-state index in [1.807, 2.05) is 0 Å². The maximum atomic E-state index is 13.7. The van der Waals surface area contributed by atoms with Gasteiger partial charge in [-0.2, -0.15) is 27.9 Å². The molecule has 1 aromatic carbocycles.